The first-order chi connectivity index (χ1) is 20.7. The van der Waals surface area contributed by atoms with E-state index >= 15 is 0 Å². The second-order valence-corrected chi connectivity index (χ2v) is 20.5. The van der Waals surface area contributed by atoms with E-state index in [0.717, 1.165) is 12.1 Å². The molecule has 6 heteroatoms. The van der Waals surface area contributed by atoms with E-state index in [0.29, 0.717) is 33.9 Å². The summed E-state index contributed by atoms with van der Waals surface area (Å²) in [5.41, 5.74) is 2.00. The lowest BCUT2D eigenvalue weighted by Crippen LogP contribution is -2.76. The molecule has 1 spiro atoms. The monoisotopic (exact) mass is 629 g/mol. The topological polar surface area (TPSA) is 19.4 Å². The summed E-state index contributed by atoms with van der Waals surface area (Å²) < 4.78 is 0. The van der Waals surface area contributed by atoms with Crippen molar-refractivity contribution in [1.82, 2.24) is 29.4 Å². The first-order valence-electron chi connectivity index (χ1n) is 19.2. The van der Waals surface area contributed by atoms with E-state index in [1.54, 1.807) is 0 Å². The standard InChI is InChI=1S/C39H76N6/c1-31-23-33(13-17-41(31)25-35(3,4)5)40-19-21-44(22-20-40)38(11,12)16-15-37(9,10)26-42-18-14-34(24-32(42)2)43-27-39(28-43)29-45(30-39)36(6,7)8/h31-34H,13-30H2,1-12H3/t31-,32+,33?,34?/m1/s1. The van der Waals surface area contributed by atoms with Gasteiger partial charge in [0, 0.05) is 106 Å². The van der Waals surface area contributed by atoms with Crippen LogP contribution in [-0.2, 0) is 0 Å². The van der Waals surface area contributed by atoms with Gasteiger partial charge in [-0.05, 0) is 111 Å². The van der Waals surface area contributed by atoms with Crippen LogP contribution in [0.25, 0.3) is 0 Å². The van der Waals surface area contributed by atoms with Crippen molar-refractivity contribution in [2.75, 3.05) is 78.5 Å². The summed E-state index contributed by atoms with van der Waals surface area (Å²) in [5, 5.41) is 0. The smallest absolute Gasteiger partial charge is 0.0212 e. The van der Waals surface area contributed by atoms with E-state index in [1.807, 2.05) is 0 Å². The minimum Gasteiger partial charge on any atom is -0.300 e. The van der Waals surface area contributed by atoms with Gasteiger partial charge in [0.25, 0.3) is 0 Å². The third-order valence-electron chi connectivity index (χ3n) is 13.0. The van der Waals surface area contributed by atoms with Crippen molar-refractivity contribution in [2.45, 2.75) is 157 Å². The molecule has 0 saturated carbocycles. The SMILES string of the molecule is C[C@@H]1CC(N2CCN(C(C)(C)CCC(C)(C)CN3CCC(N4CC5(C4)CN(C(C)(C)C)C5)C[C@@H]3C)CC2)CCN1CC(C)(C)C. The second-order valence-electron chi connectivity index (χ2n) is 20.5. The molecule has 0 aromatic carbocycles. The molecule has 5 aliphatic rings. The third kappa shape index (κ3) is 8.87. The summed E-state index contributed by atoms with van der Waals surface area (Å²) >= 11 is 0. The van der Waals surface area contributed by atoms with Crippen LogP contribution in [-0.4, -0.2) is 143 Å². The Morgan fingerprint density at radius 1 is 0.556 bits per heavy atom. The molecule has 0 aromatic heterocycles. The predicted octanol–water partition coefficient (Wildman–Crippen LogP) is 6.36. The summed E-state index contributed by atoms with van der Waals surface area (Å²) in [5.74, 6) is 0. The van der Waals surface area contributed by atoms with Gasteiger partial charge in [-0.15, -0.1) is 0 Å². The van der Waals surface area contributed by atoms with Crippen LogP contribution in [0.3, 0.4) is 0 Å². The van der Waals surface area contributed by atoms with Crippen molar-refractivity contribution in [2.24, 2.45) is 16.2 Å². The first kappa shape index (κ1) is 36.1. The molecule has 0 radical (unpaired) electrons. The molecule has 2 unspecified atom stereocenters. The lowest BCUT2D eigenvalue weighted by atomic mass is 9.69. The van der Waals surface area contributed by atoms with E-state index in [9.17, 15) is 0 Å². The lowest BCUT2D eigenvalue weighted by molar-refractivity contribution is -0.162. The molecule has 0 N–H and O–H groups in total. The van der Waals surface area contributed by atoms with Crippen LogP contribution >= 0.6 is 0 Å². The van der Waals surface area contributed by atoms with E-state index in [4.69, 9.17) is 0 Å². The average Bonchev–Trinajstić information content (AvgIpc) is 2.87. The number of hydrogen-bond acceptors (Lipinski definition) is 6. The minimum absolute atomic E-state index is 0.281. The Labute approximate surface area is 280 Å². The fourth-order valence-electron chi connectivity index (χ4n) is 9.77. The molecule has 0 aromatic rings. The highest BCUT2D eigenvalue weighted by Crippen LogP contribution is 2.45. The summed E-state index contributed by atoms with van der Waals surface area (Å²) in [6, 6.07) is 3.01. The van der Waals surface area contributed by atoms with Crippen molar-refractivity contribution in [3.63, 3.8) is 0 Å². The quantitative estimate of drug-likeness (QED) is 0.294. The highest BCUT2D eigenvalue weighted by molar-refractivity contribution is 5.10. The summed E-state index contributed by atoms with van der Waals surface area (Å²) in [6.45, 7) is 44.8. The largest absolute Gasteiger partial charge is 0.300 e. The molecule has 0 amide bonds. The van der Waals surface area contributed by atoms with Gasteiger partial charge in [0.1, 0.15) is 0 Å². The van der Waals surface area contributed by atoms with Crippen LogP contribution < -0.4 is 0 Å². The number of nitrogens with zero attached hydrogens (tertiary/aromatic N) is 6. The highest BCUT2D eigenvalue weighted by atomic mass is 15.4. The Morgan fingerprint density at radius 3 is 1.56 bits per heavy atom. The van der Waals surface area contributed by atoms with Gasteiger partial charge in [-0.2, -0.15) is 0 Å². The van der Waals surface area contributed by atoms with Gasteiger partial charge < -0.3 is 9.80 Å². The second kappa shape index (κ2) is 13.2. The molecule has 5 saturated heterocycles. The zero-order valence-corrected chi connectivity index (χ0v) is 32.2. The Morgan fingerprint density at radius 2 is 1.07 bits per heavy atom. The van der Waals surface area contributed by atoms with Gasteiger partial charge >= 0.3 is 0 Å². The van der Waals surface area contributed by atoms with Crippen LogP contribution in [0.4, 0.5) is 0 Å². The molecule has 6 nitrogen and oxygen atoms in total. The van der Waals surface area contributed by atoms with Crippen LogP contribution in [0.2, 0.25) is 0 Å². The fourth-order valence-corrected chi connectivity index (χ4v) is 9.77. The Kier molecular flexibility index (Phi) is 10.6. The van der Waals surface area contributed by atoms with Gasteiger partial charge in [0.15, 0.2) is 0 Å². The van der Waals surface area contributed by atoms with Gasteiger partial charge in [0.2, 0.25) is 0 Å². The van der Waals surface area contributed by atoms with Crippen molar-refractivity contribution >= 4 is 0 Å². The van der Waals surface area contributed by atoms with E-state index < -0.39 is 0 Å². The van der Waals surface area contributed by atoms with Crippen LogP contribution in [0.1, 0.15) is 122 Å². The molecule has 0 aliphatic carbocycles. The maximum Gasteiger partial charge on any atom is 0.0212 e. The molecule has 5 aliphatic heterocycles. The molecule has 0 bridgehead atoms. The van der Waals surface area contributed by atoms with Gasteiger partial charge in [-0.25, -0.2) is 0 Å². The predicted molar refractivity (Wildman–Crippen MR) is 193 cm³/mol. The maximum atomic E-state index is 2.85. The molecule has 4 atom stereocenters. The van der Waals surface area contributed by atoms with Crippen molar-refractivity contribution in [3.05, 3.63) is 0 Å². The number of piperidine rings is 2. The normalized spacial score (nSPS) is 32.5. The van der Waals surface area contributed by atoms with E-state index in [-0.39, 0.29) is 5.54 Å². The van der Waals surface area contributed by atoms with Crippen molar-refractivity contribution < 1.29 is 0 Å². The number of piperazine rings is 1. The van der Waals surface area contributed by atoms with Crippen molar-refractivity contribution in [1.29, 1.82) is 0 Å². The van der Waals surface area contributed by atoms with Gasteiger partial charge in [0.05, 0.1) is 0 Å². The average molecular weight is 629 g/mol. The van der Waals surface area contributed by atoms with E-state index in [1.165, 1.54) is 117 Å². The van der Waals surface area contributed by atoms with Gasteiger partial charge in [-0.1, -0.05) is 34.6 Å². The highest BCUT2D eigenvalue weighted by Gasteiger charge is 2.55. The van der Waals surface area contributed by atoms with Crippen molar-refractivity contribution in [3.8, 4) is 0 Å². The number of rotatable bonds is 9. The molecule has 262 valence electrons. The van der Waals surface area contributed by atoms with E-state index in [2.05, 4.69) is 112 Å². The minimum atomic E-state index is 0.281. The van der Waals surface area contributed by atoms with Crippen LogP contribution in [0.15, 0.2) is 0 Å². The zero-order valence-electron chi connectivity index (χ0n) is 32.2. The summed E-state index contributed by atoms with van der Waals surface area (Å²) in [6.07, 6.45) is 8.04. The zero-order chi connectivity index (χ0) is 33.0. The van der Waals surface area contributed by atoms with Gasteiger partial charge in [-0.3, -0.25) is 19.6 Å². The molecule has 5 fully saturated rings. The molecule has 45 heavy (non-hydrogen) atoms. The summed E-state index contributed by atoms with van der Waals surface area (Å²) in [7, 11) is 0. The maximum absolute atomic E-state index is 2.85. The number of likely N-dealkylation sites (tertiary alicyclic amines) is 4. The number of hydrogen-bond donors (Lipinski definition) is 0. The lowest BCUT2D eigenvalue weighted by Gasteiger charge is -2.65. The first-order valence-corrected chi connectivity index (χ1v) is 19.2. The van der Waals surface area contributed by atoms with Crippen LogP contribution in [0.5, 0.6) is 0 Å². The van der Waals surface area contributed by atoms with Crippen LogP contribution in [0, 0.1) is 16.2 Å². The Hall–Kier alpha value is -0.240. The third-order valence-corrected chi connectivity index (χ3v) is 13.0. The molecule has 5 heterocycles. The molecule has 5 rings (SSSR count). The molecular formula is C39H76N6. The fraction of sp³-hybridized carbons (Fsp3) is 1.00. The molecular weight excluding hydrogens is 552 g/mol. The summed E-state index contributed by atoms with van der Waals surface area (Å²) in [4.78, 5) is 16.8. The Balaban J connectivity index is 1.00. The Bertz CT molecular complexity index is 955.